The van der Waals surface area contributed by atoms with Gasteiger partial charge in [-0.05, 0) is 24.5 Å². The first-order chi connectivity index (χ1) is 13.4. The first-order valence-electron chi connectivity index (χ1n) is 9.39. The molecule has 3 N–H and O–H groups in total. The number of hydrogen-bond donors (Lipinski definition) is 3. The summed E-state index contributed by atoms with van der Waals surface area (Å²) >= 11 is 7.27. The van der Waals surface area contributed by atoms with E-state index in [4.69, 9.17) is 11.6 Å². The zero-order valence-corrected chi connectivity index (χ0v) is 17.9. The van der Waals surface area contributed by atoms with Crippen molar-refractivity contribution in [3.8, 4) is 10.6 Å². The summed E-state index contributed by atoms with van der Waals surface area (Å²) < 4.78 is 0. The average Bonchev–Trinajstić information content (AvgIpc) is 3.14. The van der Waals surface area contributed by atoms with Crippen molar-refractivity contribution in [2.45, 2.75) is 46.1 Å². The highest BCUT2D eigenvalue weighted by Gasteiger charge is 2.26. The van der Waals surface area contributed by atoms with E-state index in [1.165, 1.54) is 11.3 Å². The van der Waals surface area contributed by atoms with Gasteiger partial charge in [0.25, 0.3) is 0 Å². The molecule has 0 aliphatic rings. The van der Waals surface area contributed by atoms with Crippen molar-refractivity contribution in [2.75, 3.05) is 11.9 Å². The van der Waals surface area contributed by atoms with Gasteiger partial charge in [-0.15, -0.1) is 10.2 Å². The minimum atomic E-state index is -0.662. The molecule has 0 saturated carbocycles. The summed E-state index contributed by atoms with van der Waals surface area (Å²) in [6.45, 7) is 6.53. The minimum absolute atomic E-state index is 0.0303. The molecule has 1 aromatic carbocycles. The maximum Gasteiger partial charge on any atom is 0.315 e. The number of rotatable bonds is 9. The molecule has 0 bridgehead atoms. The van der Waals surface area contributed by atoms with Gasteiger partial charge in [0.15, 0.2) is 0 Å². The highest BCUT2D eigenvalue weighted by Crippen LogP contribution is 2.28. The van der Waals surface area contributed by atoms with Gasteiger partial charge < -0.3 is 10.6 Å². The predicted octanol–water partition coefficient (Wildman–Crippen LogP) is 4.31. The van der Waals surface area contributed by atoms with Gasteiger partial charge in [-0.3, -0.25) is 10.1 Å². The summed E-state index contributed by atoms with van der Waals surface area (Å²) in [6.07, 6.45) is 2.63. The molecular weight excluding hydrogens is 398 g/mol. The fraction of sp³-hybridized carbons (Fsp3) is 0.474. The Labute approximate surface area is 174 Å². The van der Waals surface area contributed by atoms with Crippen LogP contribution < -0.4 is 16.0 Å². The number of nitrogens with zero attached hydrogens (tertiary/aromatic N) is 2. The van der Waals surface area contributed by atoms with Crippen LogP contribution in [0.1, 0.15) is 40.0 Å². The fourth-order valence-corrected chi connectivity index (χ4v) is 3.40. The lowest BCUT2D eigenvalue weighted by atomic mass is 9.98. The van der Waals surface area contributed by atoms with Crippen LogP contribution in [-0.4, -0.2) is 34.7 Å². The summed E-state index contributed by atoms with van der Waals surface area (Å²) in [4.78, 5) is 24.8. The first kappa shape index (κ1) is 22.1. The Morgan fingerprint density at radius 1 is 1.25 bits per heavy atom. The van der Waals surface area contributed by atoms with Gasteiger partial charge in [-0.2, -0.15) is 0 Å². The second kappa shape index (κ2) is 11.0. The smallest absolute Gasteiger partial charge is 0.315 e. The third-order valence-corrected chi connectivity index (χ3v) is 5.45. The van der Waals surface area contributed by atoms with Gasteiger partial charge in [0, 0.05) is 17.1 Å². The van der Waals surface area contributed by atoms with Crippen LogP contribution >= 0.6 is 22.9 Å². The van der Waals surface area contributed by atoms with E-state index in [1.807, 2.05) is 26.0 Å². The summed E-state index contributed by atoms with van der Waals surface area (Å²) in [6, 6.07) is 6.27. The number of carbonyl (C=O) groups excluding carboxylic acids is 2. The third-order valence-electron chi connectivity index (χ3n) is 4.32. The normalized spacial score (nSPS) is 12.9. The maximum absolute atomic E-state index is 12.7. The molecule has 0 unspecified atom stereocenters. The zero-order chi connectivity index (χ0) is 20.5. The fourth-order valence-electron chi connectivity index (χ4n) is 2.47. The van der Waals surface area contributed by atoms with Crippen LogP contribution in [0.4, 0.5) is 9.93 Å². The largest absolute Gasteiger partial charge is 0.338 e. The van der Waals surface area contributed by atoms with E-state index in [-0.39, 0.29) is 17.9 Å². The monoisotopic (exact) mass is 423 g/mol. The van der Waals surface area contributed by atoms with Gasteiger partial charge in [-0.25, -0.2) is 4.79 Å². The van der Waals surface area contributed by atoms with Crippen molar-refractivity contribution in [1.82, 2.24) is 20.8 Å². The second-order valence-electron chi connectivity index (χ2n) is 6.53. The van der Waals surface area contributed by atoms with E-state index in [0.717, 1.165) is 24.8 Å². The van der Waals surface area contributed by atoms with Gasteiger partial charge in [0.05, 0.1) is 0 Å². The van der Waals surface area contributed by atoms with Crippen LogP contribution in [0.5, 0.6) is 0 Å². The number of urea groups is 1. The Balaban J connectivity index is 2.03. The lowest BCUT2D eigenvalue weighted by molar-refractivity contribution is -0.119. The molecule has 1 heterocycles. The lowest BCUT2D eigenvalue weighted by Crippen LogP contribution is -2.51. The van der Waals surface area contributed by atoms with Crippen molar-refractivity contribution in [3.63, 3.8) is 0 Å². The zero-order valence-electron chi connectivity index (χ0n) is 16.3. The molecule has 2 aromatic rings. The Morgan fingerprint density at radius 3 is 2.71 bits per heavy atom. The molecule has 152 valence electrons. The quantitative estimate of drug-likeness (QED) is 0.523. The number of aromatic nitrogens is 2. The van der Waals surface area contributed by atoms with Gasteiger partial charge in [-0.1, -0.05) is 68.7 Å². The SMILES string of the molecule is CCCCNC(=O)N[C@H](C(=O)Nc1nnc(-c2cccc(Cl)c2)s1)[C@H](C)CC. The first-order valence-corrected chi connectivity index (χ1v) is 10.6. The van der Waals surface area contributed by atoms with Crippen LogP contribution in [0.15, 0.2) is 24.3 Å². The highest BCUT2D eigenvalue weighted by molar-refractivity contribution is 7.18. The molecule has 0 radical (unpaired) electrons. The number of benzene rings is 1. The number of hydrogen-bond acceptors (Lipinski definition) is 5. The summed E-state index contributed by atoms with van der Waals surface area (Å²) in [5, 5.41) is 18.1. The molecule has 1 aromatic heterocycles. The molecule has 0 fully saturated rings. The maximum atomic E-state index is 12.7. The molecule has 0 aliphatic carbocycles. The third kappa shape index (κ3) is 6.45. The molecule has 2 atom stereocenters. The molecule has 28 heavy (non-hydrogen) atoms. The van der Waals surface area contributed by atoms with Gasteiger partial charge in [0.2, 0.25) is 11.0 Å². The predicted molar refractivity (Wildman–Crippen MR) is 114 cm³/mol. The number of amides is 3. The van der Waals surface area contributed by atoms with Crippen LogP contribution in [0.25, 0.3) is 10.6 Å². The highest BCUT2D eigenvalue weighted by atomic mass is 35.5. The van der Waals surface area contributed by atoms with E-state index in [1.54, 1.807) is 12.1 Å². The molecule has 9 heteroatoms. The minimum Gasteiger partial charge on any atom is -0.338 e. The van der Waals surface area contributed by atoms with Gasteiger partial charge >= 0.3 is 6.03 Å². The number of nitrogens with one attached hydrogen (secondary N) is 3. The van der Waals surface area contributed by atoms with Crippen LogP contribution in [0, 0.1) is 5.92 Å². The van der Waals surface area contributed by atoms with E-state index in [2.05, 4.69) is 33.1 Å². The van der Waals surface area contributed by atoms with E-state index in [9.17, 15) is 9.59 Å². The van der Waals surface area contributed by atoms with E-state index >= 15 is 0 Å². The Bertz CT molecular complexity index is 798. The summed E-state index contributed by atoms with van der Waals surface area (Å²) in [5.74, 6) is -0.342. The number of halogens is 1. The lowest BCUT2D eigenvalue weighted by Gasteiger charge is -2.23. The van der Waals surface area contributed by atoms with Gasteiger partial charge in [0.1, 0.15) is 11.0 Å². The second-order valence-corrected chi connectivity index (χ2v) is 7.94. The topological polar surface area (TPSA) is 96.0 Å². The summed E-state index contributed by atoms with van der Waals surface area (Å²) in [5.41, 5.74) is 0.831. The number of carbonyl (C=O) groups is 2. The van der Waals surface area contributed by atoms with Crippen molar-refractivity contribution in [3.05, 3.63) is 29.3 Å². The van der Waals surface area contributed by atoms with E-state index in [0.29, 0.717) is 21.7 Å². The van der Waals surface area contributed by atoms with Crippen molar-refractivity contribution >= 4 is 40.0 Å². The van der Waals surface area contributed by atoms with Crippen LogP contribution in [0.2, 0.25) is 5.02 Å². The average molecular weight is 424 g/mol. The van der Waals surface area contributed by atoms with E-state index < -0.39 is 6.04 Å². The van der Waals surface area contributed by atoms with Crippen molar-refractivity contribution in [2.24, 2.45) is 5.92 Å². The standard InChI is InChI=1S/C19H26ClN5O2S/c1-4-6-10-21-18(27)22-15(12(3)5-2)16(26)23-19-25-24-17(28-19)13-8-7-9-14(20)11-13/h7-9,11-12,15H,4-6,10H2,1-3H3,(H2,21,22,27)(H,23,25,26)/t12-,15+/m1/s1. The summed E-state index contributed by atoms with van der Waals surface area (Å²) in [7, 11) is 0. The Hall–Kier alpha value is -2.19. The molecule has 3 amide bonds. The molecule has 7 nitrogen and oxygen atoms in total. The van der Waals surface area contributed by atoms with Crippen molar-refractivity contribution in [1.29, 1.82) is 0 Å². The van der Waals surface area contributed by atoms with Crippen LogP contribution in [-0.2, 0) is 4.79 Å². The Kier molecular flexibility index (Phi) is 8.66. The Morgan fingerprint density at radius 2 is 2.04 bits per heavy atom. The number of anilines is 1. The van der Waals surface area contributed by atoms with Crippen LogP contribution in [0.3, 0.4) is 0 Å². The molecular formula is C19H26ClN5O2S. The molecule has 0 saturated heterocycles. The molecule has 2 rings (SSSR count). The molecule has 0 aliphatic heterocycles. The van der Waals surface area contributed by atoms with Crippen molar-refractivity contribution < 1.29 is 9.59 Å². The molecule has 0 spiro atoms. The number of unbranched alkanes of at least 4 members (excludes halogenated alkanes) is 1.